The number of fused-ring (bicyclic) bond motifs is 1. The summed E-state index contributed by atoms with van der Waals surface area (Å²) in [5.41, 5.74) is 14.2. The second-order valence-corrected chi connectivity index (χ2v) is 9.04. The summed E-state index contributed by atoms with van der Waals surface area (Å²) in [6.07, 6.45) is 5.95. The first-order valence-corrected chi connectivity index (χ1v) is 12.6. The molecule has 0 aliphatic heterocycles. The van der Waals surface area contributed by atoms with Gasteiger partial charge in [-0.3, -0.25) is 20.4 Å². The van der Waals surface area contributed by atoms with Crippen molar-refractivity contribution < 1.29 is 14.3 Å². The maximum Gasteiger partial charge on any atom is 0.314 e. The molecule has 0 atom stereocenters. The van der Waals surface area contributed by atoms with Crippen LogP contribution in [0.25, 0.3) is 22.3 Å². The number of nitrogens with one attached hydrogen (secondary N) is 2. The van der Waals surface area contributed by atoms with Crippen LogP contribution >= 0.6 is 0 Å². The molecular weight excluding hydrogens is 494 g/mol. The minimum absolute atomic E-state index is 0.0796. The molecule has 0 saturated heterocycles. The highest BCUT2D eigenvalue weighted by Gasteiger charge is 2.25. The lowest BCUT2D eigenvalue weighted by Gasteiger charge is -2.24. The molecule has 2 aromatic carbocycles. The zero-order valence-electron chi connectivity index (χ0n) is 21.3. The van der Waals surface area contributed by atoms with Gasteiger partial charge in [0, 0.05) is 11.6 Å². The van der Waals surface area contributed by atoms with E-state index < -0.39 is 5.91 Å². The number of carbonyl (C=O) groups is 2. The van der Waals surface area contributed by atoms with Gasteiger partial charge >= 0.3 is 5.91 Å². The van der Waals surface area contributed by atoms with E-state index in [9.17, 15) is 9.59 Å². The van der Waals surface area contributed by atoms with Crippen LogP contribution in [0, 0.1) is 11.8 Å². The second kappa shape index (κ2) is 11.5. The predicted octanol–water partition coefficient (Wildman–Crippen LogP) is 4.08. The largest absolute Gasteiger partial charge is 0.457 e. The summed E-state index contributed by atoms with van der Waals surface area (Å²) < 4.78 is 7.85. The molecule has 1 saturated carbocycles. The van der Waals surface area contributed by atoms with Gasteiger partial charge in [-0.2, -0.15) is 5.10 Å². The molecule has 4 aromatic rings. The van der Waals surface area contributed by atoms with Crippen molar-refractivity contribution in [2.24, 2.45) is 0 Å². The topological polar surface area (TPSA) is 137 Å². The first-order chi connectivity index (χ1) is 19.0. The molecule has 1 fully saturated rings. The summed E-state index contributed by atoms with van der Waals surface area (Å²) in [6, 6.07) is 17.4. The molecule has 0 radical (unpaired) electrons. The Morgan fingerprint density at radius 2 is 1.74 bits per heavy atom. The van der Waals surface area contributed by atoms with E-state index in [1.807, 2.05) is 59.3 Å². The first-order valence-electron chi connectivity index (χ1n) is 12.6. The number of hydrogen-bond acceptors (Lipinski definition) is 7. The highest BCUT2D eigenvalue weighted by Crippen LogP contribution is 2.37. The van der Waals surface area contributed by atoms with Gasteiger partial charge in [0.15, 0.2) is 5.65 Å². The molecule has 0 bridgehead atoms. The van der Waals surface area contributed by atoms with E-state index in [0.717, 1.165) is 29.7 Å². The Labute approximate surface area is 225 Å². The average molecular weight is 522 g/mol. The number of anilines is 1. The van der Waals surface area contributed by atoms with Crippen LogP contribution in [0.3, 0.4) is 0 Å². The van der Waals surface area contributed by atoms with Crippen molar-refractivity contribution >= 4 is 28.7 Å². The molecule has 0 spiro atoms. The van der Waals surface area contributed by atoms with Crippen LogP contribution in [0.5, 0.6) is 11.5 Å². The van der Waals surface area contributed by atoms with Crippen LogP contribution in [-0.2, 0) is 9.59 Å². The Bertz CT molecular complexity index is 1590. The number of nitrogens with two attached hydrogens (primary N) is 1. The summed E-state index contributed by atoms with van der Waals surface area (Å²) in [6.45, 7) is 1.55. The molecule has 0 unspecified atom stereocenters. The van der Waals surface area contributed by atoms with Crippen molar-refractivity contribution in [2.45, 2.75) is 38.6 Å². The van der Waals surface area contributed by atoms with Gasteiger partial charge in [-0.05, 0) is 74.9 Å². The number of benzene rings is 2. The van der Waals surface area contributed by atoms with Crippen molar-refractivity contribution in [2.75, 3.05) is 5.73 Å². The number of nitrogen functional groups attached to an aromatic ring is 1. The molecule has 5 rings (SSSR count). The number of rotatable bonds is 5. The fourth-order valence-electron chi connectivity index (χ4n) is 4.60. The average Bonchev–Trinajstić information content (AvgIpc) is 3.35. The molecule has 4 N–H and O–H groups in total. The van der Waals surface area contributed by atoms with Gasteiger partial charge < -0.3 is 10.5 Å². The van der Waals surface area contributed by atoms with Gasteiger partial charge in [-0.25, -0.2) is 14.6 Å². The number of aromatic nitrogens is 4. The number of para-hydroxylation sites is 1. The molecule has 39 heavy (non-hydrogen) atoms. The molecule has 2 heterocycles. The van der Waals surface area contributed by atoms with Crippen LogP contribution in [0.4, 0.5) is 5.82 Å². The van der Waals surface area contributed by atoms with Gasteiger partial charge in [-0.1, -0.05) is 29.7 Å². The van der Waals surface area contributed by atoms with Gasteiger partial charge in [-0.15, -0.1) is 0 Å². The van der Waals surface area contributed by atoms with Gasteiger partial charge in [0.05, 0.1) is 11.4 Å². The molecular formula is C29H27N7O3. The third-order valence-electron chi connectivity index (χ3n) is 6.44. The quantitative estimate of drug-likeness (QED) is 0.204. The fraction of sp³-hybridized carbons (Fsp3) is 0.207. The van der Waals surface area contributed by atoms with Crippen molar-refractivity contribution in [3.8, 4) is 34.6 Å². The molecule has 10 heteroatoms. The number of nitrogens with zero attached hydrogens (tertiary/aromatic N) is 4. The Morgan fingerprint density at radius 1 is 1.03 bits per heavy atom. The number of amides is 2. The van der Waals surface area contributed by atoms with E-state index in [0.29, 0.717) is 41.1 Å². The standard InChI is InChI=1S/C29H27N7O3/c1-2-6-24(37)33-34-25(38)17-19-9-13-21(14-10-19)36-29-26(28(30)31-18-32-29)27(35-36)20-11-15-23(16-12-20)39-22-7-4-3-5-8-22/h3-5,7-8,11-12,15-18,21H,9-10,13-14H2,1H3,(H,33,37)(H,34,38)(H2,30,31,32). The van der Waals surface area contributed by atoms with Crippen molar-refractivity contribution in [1.29, 1.82) is 0 Å². The molecule has 1 aliphatic rings. The van der Waals surface area contributed by atoms with E-state index >= 15 is 0 Å². The Morgan fingerprint density at radius 3 is 2.46 bits per heavy atom. The highest BCUT2D eigenvalue weighted by atomic mass is 16.5. The maximum atomic E-state index is 12.2. The SMILES string of the molecule is CC#CC(=O)NNC(=O)C=C1CCC(n2nc(-c3ccc(Oc4ccccc4)cc3)c3c(N)ncnc32)CC1. The van der Waals surface area contributed by atoms with Gasteiger partial charge in [0.2, 0.25) is 0 Å². The lowest BCUT2D eigenvalue weighted by atomic mass is 9.90. The summed E-state index contributed by atoms with van der Waals surface area (Å²) in [5.74, 6) is 5.67. The van der Waals surface area contributed by atoms with E-state index in [1.165, 1.54) is 12.4 Å². The summed E-state index contributed by atoms with van der Waals surface area (Å²) in [5, 5.41) is 5.65. The minimum atomic E-state index is -0.561. The van der Waals surface area contributed by atoms with Crippen molar-refractivity contribution in [3.63, 3.8) is 0 Å². The van der Waals surface area contributed by atoms with E-state index in [4.69, 9.17) is 15.6 Å². The lowest BCUT2D eigenvalue weighted by molar-refractivity contribution is -0.123. The highest BCUT2D eigenvalue weighted by molar-refractivity contribution is 5.98. The second-order valence-electron chi connectivity index (χ2n) is 9.04. The van der Waals surface area contributed by atoms with E-state index in [2.05, 4.69) is 32.7 Å². The Balaban J connectivity index is 1.33. The third-order valence-corrected chi connectivity index (χ3v) is 6.44. The van der Waals surface area contributed by atoms with E-state index in [1.54, 1.807) is 6.92 Å². The van der Waals surface area contributed by atoms with Crippen molar-refractivity contribution in [3.05, 3.63) is 72.6 Å². The maximum absolute atomic E-state index is 12.2. The van der Waals surface area contributed by atoms with Gasteiger partial charge in [0.25, 0.3) is 5.91 Å². The van der Waals surface area contributed by atoms with Crippen LogP contribution in [-0.4, -0.2) is 31.6 Å². The minimum Gasteiger partial charge on any atom is -0.457 e. The van der Waals surface area contributed by atoms with Gasteiger partial charge in [0.1, 0.15) is 29.3 Å². The summed E-state index contributed by atoms with van der Waals surface area (Å²) in [4.78, 5) is 32.3. The van der Waals surface area contributed by atoms with Crippen LogP contribution in [0.1, 0.15) is 38.6 Å². The molecule has 196 valence electrons. The summed E-state index contributed by atoms with van der Waals surface area (Å²) in [7, 11) is 0. The van der Waals surface area contributed by atoms with Crippen LogP contribution in [0.15, 0.2) is 72.6 Å². The number of carbonyl (C=O) groups excluding carboxylic acids is 2. The molecule has 1 aliphatic carbocycles. The summed E-state index contributed by atoms with van der Waals surface area (Å²) >= 11 is 0. The number of allylic oxidation sites excluding steroid dienone is 1. The Kier molecular flexibility index (Phi) is 7.50. The zero-order chi connectivity index (χ0) is 27.2. The normalized spacial score (nSPS) is 14.7. The number of hydrazine groups is 1. The Hall–Kier alpha value is -5.17. The molecule has 2 aromatic heterocycles. The molecule has 2 amide bonds. The van der Waals surface area contributed by atoms with E-state index in [-0.39, 0.29) is 11.9 Å². The van der Waals surface area contributed by atoms with Crippen molar-refractivity contribution in [1.82, 2.24) is 30.6 Å². The first kappa shape index (κ1) is 25.5. The monoisotopic (exact) mass is 521 g/mol. The fourth-order valence-corrected chi connectivity index (χ4v) is 4.60. The third kappa shape index (κ3) is 5.88. The van der Waals surface area contributed by atoms with Crippen LogP contribution < -0.4 is 21.3 Å². The lowest BCUT2D eigenvalue weighted by Crippen LogP contribution is -2.40. The number of ether oxygens (including phenoxy) is 1. The smallest absolute Gasteiger partial charge is 0.314 e. The predicted molar refractivity (Wildman–Crippen MR) is 147 cm³/mol. The molecule has 10 nitrogen and oxygen atoms in total. The van der Waals surface area contributed by atoms with Crippen LogP contribution in [0.2, 0.25) is 0 Å². The zero-order valence-corrected chi connectivity index (χ0v) is 21.3. The number of hydrogen-bond donors (Lipinski definition) is 3.